The van der Waals surface area contributed by atoms with E-state index in [4.69, 9.17) is 4.74 Å². The number of carbonyl (C=O) groups is 1. The first-order valence-corrected chi connectivity index (χ1v) is 6.92. The van der Waals surface area contributed by atoms with E-state index in [-0.39, 0.29) is 11.3 Å². The lowest BCUT2D eigenvalue weighted by molar-refractivity contribution is -0.168. The summed E-state index contributed by atoms with van der Waals surface area (Å²) in [6.07, 6.45) is 5.89. The fourth-order valence-electron chi connectivity index (χ4n) is 4.79. The van der Waals surface area contributed by atoms with Crippen molar-refractivity contribution in [1.29, 1.82) is 0 Å². The highest BCUT2D eigenvalue weighted by atomic mass is 19.1. The van der Waals surface area contributed by atoms with Crippen LogP contribution in [0.15, 0.2) is 11.8 Å². The monoisotopic (exact) mass is 252 g/mol. The van der Waals surface area contributed by atoms with Crippen molar-refractivity contribution in [2.45, 2.75) is 58.5 Å². The van der Waals surface area contributed by atoms with Gasteiger partial charge in [0.15, 0.2) is 0 Å². The molecule has 0 aromatic heterocycles. The first kappa shape index (κ1) is 12.2. The van der Waals surface area contributed by atoms with Crippen LogP contribution in [0, 0.1) is 16.7 Å². The highest BCUT2D eigenvalue weighted by molar-refractivity contribution is 5.88. The molecule has 2 fully saturated rings. The van der Waals surface area contributed by atoms with Crippen LogP contribution >= 0.6 is 0 Å². The number of cyclic esters (lactones) is 1. The lowest BCUT2D eigenvalue weighted by atomic mass is 9.47. The van der Waals surface area contributed by atoms with Gasteiger partial charge < -0.3 is 4.74 Å². The van der Waals surface area contributed by atoms with Crippen LogP contribution in [0.4, 0.5) is 4.39 Å². The molecule has 0 amide bonds. The predicted molar refractivity (Wildman–Crippen MR) is 66.5 cm³/mol. The van der Waals surface area contributed by atoms with Crippen molar-refractivity contribution in [3.05, 3.63) is 11.8 Å². The fraction of sp³-hybridized carbons (Fsp3) is 0.800. The zero-order valence-electron chi connectivity index (χ0n) is 11.4. The summed E-state index contributed by atoms with van der Waals surface area (Å²) in [5.41, 5.74) is -1.77. The molecule has 1 aliphatic heterocycles. The molecule has 2 nitrogen and oxygen atoms in total. The van der Waals surface area contributed by atoms with E-state index in [9.17, 15) is 4.79 Å². The zero-order chi connectivity index (χ0) is 13.2. The van der Waals surface area contributed by atoms with E-state index in [0.29, 0.717) is 12.0 Å². The first-order valence-electron chi connectivity index (χ1n) is 6.92. The predicted octanol–water partition coefficient (Wildman–Crippen LogP) is 3.76. The van der Waals surface area contributed by atoms with Gasteiger partial charge in [-0.15, -0.1) is 0 Å². The Hall–Kier alpha value is -0.860. The summed E-state index contributed by atoms with van der Waals surface area (Å²) in [6.45, 7) is 6.39. The van der Waals surface area contributed by atoms with Crippen molar-refractivity contribution in [2.24, 2.45) is 16.7 Å². The van der Waals surface area contributed by atoms with Crippen molar-refractivity contribution in [3.8, 4) is 0 Å². The van der Waals surface area contributed by atoms with Gasteiger partial charge in [0.1, 0.15) is 0 Å². The number of rotatable bonds is 0. The van der Waals surface area contributed by atoms with E-state index in [1.54, 1.807) is 0 Å². The van der Waals surface area contributed by atoms with Crippen LogP contribution in [0.5, 0.6) is 0 Å². The Morgan fingerprint density at radius 3 is 2.78 bits per heavy atom. The van der Waals surface area contributed by atoms with Crippen LogP contribution in [0.3, 0.4) is 0 Å². The molecule has 0 bridgehead atoms. The van der Waals surface area contributed by atoms with E-state index in [0.717, 1.165) is 25.7 Å². The summed E-state index contributed by atoms with van der Waals surface area (Å²) < 4.78 is 20.4. The van der Waals surface area contributed by atoms with Gasteiger partial charge in [0, 0.05) is 11.0 Å². The number of hydrogen-bond acceptors (Lipinski definition) is 2. The molecule has 0 aromatic carbocycles. The normalized spacial score (nSPS) is 45.9. The maximum atomic E-state index is 15.5. The topological polar surface area (TPSA) is 26.3 Å². The highest BCUT2D eigenvalue weighted by Crippen LogP contribution is 2.65. The Kier molecular flexibility index (Phi) is 2.28. The van der Waals surface area contributed by atoms with E-state index in [2.05, 4.69) is 13.8 Å². The third kappa shape index (κ3) is 1.20. The number of fused-ring (bicyclic) bond motifs is 3. The molecule has 0 N–H and O–H groups in total. The Bertz CT molecular complexity index is 440. The van der Waals surface area contributed by atoms with Crippen LogP contribution in [-0.2, 0) is 9.53 Å². The van der Waals surface area contributed by atoms with Crippen molar-refractivity contribution < 1.29 is 13.9 Å². The average molecular weight is 252 g/mol. The van der Waals surface area contributed by atoms with E-state index >= 15 is 4.39 Å². The largest absolute Gasteiger partial charge is 0.432 e. The van der Waals surface area contributed by atoms with Crippen LogP contribution in [-0.4, -0.2) is 11.6 Å². The minimum absolute atomic E-state index is 0.112. The lowest BCUT2D eigenvalue weighted by Crippen LogP contribution is -2.60. The van der Waals surface area contributed by atoms with Gasteiger partial charge in [0.25, 0.3) is 0 Å². The molecule has 0 aromatic rings. The SMILES string of the molecule is CC1(C)CCC[C@@]2(C)[C@H]1CCC1=COC(=O)[C@@]12F. The van der Waals surface area contributed by atoms with Gasteiger partial charge in [-0.2, -0.15) is 0 Å². The summed E-state index contributed by atoms with van der Waals surface area (Å²) in [5.74, 6) is -0.422. The summed E-state index contributed by atoms with van der Waals surface area (Å²) in [7, 11) is 0. The Morgan fingerprint density at radius 1 is 1.33 bits per heavy atom. The van der Waals surface area contributed by atoms with E-state index < -0.39 is 17.1 Å². The van der Waals surface area contributed by atoms with Crippen LogP contribution in [0.2, 0.25) is 0 Å². The lowest BCUT2D eigenvalue weighted by Gasteiger charge is -2.57. The third-order valence-corrected chi connectivity index (χ3v) is 5.75. The summed E-state index contributed by atoms with van der Waals surface area (Å²) in [5, 5.41) is 0. The molecular weight excluding hydrogens is 231 g/mol. The third-order valence-electron chi connectivity index (χ3n) is 5.75. The van der Waals surface area contributed by atoms with Crippen molar-refractivity contribution in [3.63, 3.8) is 0 Å². The van der Waals surface area contributed by atoms with Crippen molar-refractivity contribution in [2.75, 3.05) is 0 Å². The number of carbonyl (C=O) groups excluding carboxylic acids is 1. The second-order valence-electron chi connectivity index (χ2n) is 7.06. The number of halogens is 1. The molecule has 100 valence electrons. The number of esters is 1. The molecule has 3 rings (SSSR count). The van der Waals surface area contributed by atoms with Crippen molar-refractivity contribution in [1.82, 2.24) is 0 Å². The average Bonchev–Trinajstić information content (AvgIpc) is 2.57. The highest BCUT2D eigenvalue weighted by Gasteiger charge is 2.68. The second-order valence-corrected chi connectivity index (χ2v) is 7.06. The first-order chi connectivity index (χ1) is 8.32. The van der Waals surface area contributed by atoms with Gasteiger partial charge in [-0.05, 0) is 37.0 Å². The van der Waals surface area contributed by atoms with E-state index in [1.165, 1.54) is 6.26 Å². The van der Waals surface area contributed by atoms with Crippen LogP contribution < -0.4 is 0 Å². The van der Waals surface area contributed by atoms with Gasteiger partial charge >= 0.3 is 5.97 Å². The Labute approximate surface area is 108 Å². The molecule has 2 saturated carbocycles. The number of ether oxygens (including phenoxy) is 1. The molecule has 2 aliphatic carbocycles. The molecule has 0 radical (unpaired) electrons. The van der Waals surface area contributed by atoms with Crippen molar-refractivity contribution >= 4 is 5.97 Å². The standard InChI is InChI=1S/C15H21FO2/c1-13(2)7-4-8-14(3)11(13)6-5-10-9-18-12(17)15(10,14)16/h9,11H,4-8H2,1-3H3/t11-,14-,15-/m0/s1. The molecule has 0 unspecified atom stereocenters. The number of hydrogen-bond donors (Lipinski definition) is 0. The molecule has 3 heteroatoms. The second kappa shape index (κ2) is 3.37. The summed E-state index contributed by atoms with van der Waals surface area (Å²) in [4.78, 5) is 12.0. The Morgan fingerprint density at radius 2 is 2.06 bits per heavy atom. The zero-order valence-corrected chi connectivity index (χ0v) is 11.4. The minimum Gasteiger partial charge on any atom is -0.432 e. The van der Waals surface area contributed by atoms with Gasteiger partial charge in [-0.25, -0.2) is 9.18 Å². The van der Waals surface area contributed by atoms with Crippen LogP contribution in [0.25, 0.3) is 0 Å². The molecule has 0 spiro atoms. The van der Waals surface area contributed by atoms with Crippen LogP contribution in [0.1, 0.15) is 52.9 Å². The smallest absolute Gasteiger partial charge is 0.353 e. The van der Waals surface area contributed by atoms with Gasteiger partial charge in [0.2, 0.25) is 5.67 Å². The quantitative estimate of drug-likeness (QED) is 0.613. The molecule has 0 saturated heterocycles. The molecule has 18 heavy (non-hydrogen) atoms. The van der Waals surface area contributed by atoms with Gasteiger partial charge in [-0.3, -0.25) is 0 Å². The number of alkyl halides is 1. The Balaban J connectivity index is 2.11. The molecule has 1 heterocycles. The minimum atomic E-state index is -1.87. The van der Waals surface area contributed by atoms with Gasteiger partial charge in [0.05, 0.1) is 6.26 Å². The maximum absolute atomic E-state index is 15.5. The maximum Gasteiger partial charge on any atom is 0.353 e. The van der Waals surface area contributed by atoms with E-state index in [1.807, 2.05) is 6.92 Å². The molecular formula is C15H21FO2. The molecule has 3 aliphatic rings. The summed E-state index contributed by atoms with van der Waals surface area (Å²) >= 11 is 0. The van der Waals surface area contributed by atoms with Gasteiger partial charge in [-0.1, -0.05) is 27.2 Å². The molecule has 3 atom stereocenters. The fourth-order valence-corrected chi connectivity index (χ4v) is 4.79. The summed E-state index contributed by atoms with van der Waals surface area (Å²) in [6, 6.07) is 0.